The summed E-state index contributed by atoms with van der Waals surface area (Å²) in [5, 5.41) is 0.612. The van der Waals surface area contributed by atoms with Crippen molar-refractivity contribution in [2.45, 2.75) is 12.3 Å². The van der Waals surface area contributed by atoms with Crippen molar-refractivity contribution in [2.75, 3.05) is 18.0 Å². The maximum atomic E-state index is 13.5. The van der Waals surface area contributed by atoms with Gasteiger partial charge in [-0.05, 0) is 23.3 Å². The molecule has 0 saturated carbocycles. The van der Waals surface area contributed by atoms with Gasteiger partial charge in [0.25, 0.3) is 11.5 Å². The molecule has 0 aliphatic carbocycles. The van der Waals surface area contributed by atoms with Gasteiger partial charge in [-0.15, -0.1) is 0 Å². The first-order chi connectivity index (χ1) is 16.5. The lowest BCUT2D eigenvalue weighted by molar-refractivity contribution is -0.0262. The molecule has 0 unspecified atom stereocenters. The molecule has 1 saturated heterocycles. The highest BCUT2D eigenvalue weighted by Crippen LogP contribution is 2.35. The van der Waals surface area contributed by atoms with Crippen LogP contribution in [0.2, 0.25) is 0 Å². The van der Waals surface area contributed by atoms with E-state index in [0.717, 1.165) is 22.4 Å². The van der Waals surface area contributed by atoms with E-state index < -0.39 is 5.92 Å². The molecule has 0 bridgehead atoms. The number of halogens is 2. The van der Waals surface area contributed by atoms with Crippen LogP contribution in [0.5, 0.6) is 0 Å². The van der Waals surface area contributed by atoms with Crippen molar-refractivity contribution in [3.05, 3.63) is 107 Å². The first-order valence-electron chi connectivity index (χ1n) is 11.0. The predicted octanol–water partition coefficient (Wildman–Crippen LogP) is 5.07. The topological polar surface area (TPSA) is 50.5 Å². The summed E-state index contributed by atoms with van der Waals surface area (Å²) >= 11 is 0. The minimum Gasteiger partial charge on any atom is -0.358 e. The summed E-state index contributed by atoms with van der Waals surface area (Å²) in [6.07, 6.45) is 3.78. The number of nitrogens with zero attached hydrogens (tertiary/aromatic N) is 4. The van der Waals surface area contributed by atoms with E-state index >= 15 is 0 Å². The number of fused-ring (bicyclic) bond motifs is 1. The van der Waals surface area contributed by atoms with Gasteiger partial charge in [0.15, 0.2) is 0 Å². The highest BCUT2D eigenvalue weighted by atomic mass is 19.3. The number of rotatable bonds is 4. The van der Waals surface area contributed by atoms with Crippen molar-refractivity contribution >= 4 is 33.7 Å². The van der Waals surface area contributed by atoms with Crippen LogP contribution in [0.1, 0.15) is 17.5 Å². The molecule has 5 nitrogen and oxygen atoms in total. The van der Waals surface area contributed by atoms with Gasteiger partial charge in [-0.3, -0.25) is 9.36 Å². The molecule has 0 spiro atoms. The summed E-state index contributed by atoms with van der Waals surface area (Å²) in [4.78, 5) is 24.2. The van der Waals surface area contributed by atoms with E-state index in [2.05, 4.69) is 4.98 Å². The van der Waals surface area contributed by atoms with E-state index in [0.29, 0.717) is 23.3 Å². The molecule has 2 aliphatic rings. The van der Waals surface area contributed by atoms with Gasteiger partial charge in [0.2, 0.25) is 0 Å². The zero-order valence-electron chi connectivity index (χ0n) is 18.2. The normalized spacial score (nSPS) is 17.1. The quantitative estimate of drug-likeness (QED) is 0.433. The van der Waals surface area contributed by atoms with Gasteiger partial charge in [0.1, 0.15) is 11.3 Å². The number of benzene rings is 2. The first kappa shape index (κ1) is 20.5. The summed E-state index contributed by atoms with van der Waals surface area (Å²) in [6.45, 7) is -0.664. The van der Waals surface area contributed by atoms with E-state index in [1.807, 2.05) is 60.7 Å². The summed E-state index contributed by atoms with van der Waals surface area (Å²) < 4.78 is 28.1. The van der Waals surface area contributed by atoms with E-state index in [1.165, 1.54) is 10.8 Å². The third-order valence-corrected chi connectivity index (χ3v) is 6.25. The van der Waals surface area contributed by atoms with Gasteiger partial charge in [-0.2, -0.15) is 0 Å². The zero-order valence-corrected chi connectivity index (χ0v) is 18.2. The second-order valence-corrected chi connectivity index (χ2v) is 8.60. The number of allylic oxidation sites excluding steroid dienone is 1. The maximum Gasteiger partial charge on any atom is 0.282 e. The zero-order chi connectivity index (χ0) is 23.3. The smallest absolute Gasteiger partial charge is 0.282 e. The Labute approximate surface area is 194 Å². The number of hydrogen-bond donors (Lipinski definition) is 0. The Morgan fingerprint density at radius 3 is 2.24 bits per heavy atom. The Hall–Kier alpha value is -4.13. The first-order valence-corrected chi connectivity index (χ1v) is 11.0. The fraction of sp³-hybridized carbons (Fsp3) is 0.148. The van der Waals surface area contributed by atoms with Crippen LogP contribution >= 0.6 is 0 Å². The third-order valence-electron chi connectivity index (χ3n) is 6.25. The average molecular weight is 454 g/mol. The van der Waals surface area contributed by atoms with Crippen LogP contribution < -0.4 is 10.5 Å². The average Bonchev–Trinajstić information content (AvgIpc) is 3.29. The van der Waals surface area contributed by atoms with Crippen molar-refractivity contribution in [3.63, 3.8) is 0 Å². The van der Waals surface area contributed by atoms with E-state index in [4.69, 9.17) is 4.99 Å². The van der Waals surface area contributed by atoms with Crippen LogP contribution in [-0.2, 0) is 0 Å². The minimum atomic E-state index is -2.67. The van der Waals surface area contributed by atoms with Crippen LogP contribution in [0.4, 0.5) is 14.5 Å². The van der Waals surface area contributed by atoms with Crippen molar-refractivity contribution in [1.29, 1.82) is 0 Å². The van der Waals surface area contributed by atoms with Gasteiger partial charge in [-0.25, -0.2) is 18.8 Å². The molecule has 4 heterocycles. The highest BCUT2D eigenvalue weighted by Gasteiger charge is 2.44. The molecule has 4 aromatic rings. The Morgan fingerprint density at radius 1 is 0.882 bits per heavy atom. The van der Waals surface area contributed by atoms with Crippen molar-refractivity contribution in [3.8, 4) is 0 Å². The van der Waals surface area contributed by atoms with E-state index in [1.54, 1.807) is 23.2 Å². The number of aliphatic imine (C=N–C) groups is 1. The molecule has 0 radical (unpaired) electrons. The predicted molar refractivity (Wildman–Crippen MR) is 130 cm³/mol. The monoisotopic (exact) mass is 454 g/mol. The van der Waals surface area contributed by atoms with Gasteiger partial charge in [0, 0.05) is 23.6 Å². The minimum absolute atomic E-state index is 0.279. The Kier molecular flexibility index (Phi) is 4.65. The number of aromatic nitrogens is 2. The van der Waals surface area contributed by atoms with E-state index in [-0.39, 0.29) is 24.2 Å². The lowest BCUT2D eigenvalue weighted by atomic mass is 9.99. The lowest BCUT2D eigenvalue weighted by Crippen LogP contribution is -2.56. The van der Waals surface area contributed by atoms with Gasteiger partial charge < -0.3 is 4.90 Å². The standard InChI is InChI=1S/C27H20F2N4O/c28-27(29)16-32(17-27)21-13-20-11-12-33(26(34)24(20)30-15-21)25-22(18-7-3-1-4-8-18)14-23(31-25)19-9-5-2-6-10-19/h1-13,15H,14,16-17H2. The number of alkyl halides is 2. The largest absolute Gasteiger partial charge is 0.358 e. The van der Waals surface area contributed by atoms with Crippen LogP contribution in [-0.4, -0.2) is 34.3 Å². The fourth-order valence-corrected chi connectivity index (χ4v) is 4.50. The number of pyridine rings is 2. The molecule has 0 N–H and O–H groups in total. The lowest BCUT2D eigenvalue weighted by Gasteiger charge is -2.40. The summed E-state index contributed by atoms with van der Waals surface area (Å²) in [6, 6.07) is 23.3. The van der Waals surface area contributed by atoms with Crippen LogP contribution in [0.15, 0.2) is 95.0 Å². The van der Waals surface area contributed by atoms with Crippen LogP contribution in [0.3, 0.4) is 0 Å². The molecule has 34 heavy (non-hydrogen) atoms. The van der Waals surface area contributed by atoms with Gasteiger partial charge >= 0.3 is 0 Å². The molecule has 168 valence electrons. The molecule has 2 aromatic carbocycles. The Balaban J connectivity index is 1.45. The van der Waals surface area contributed by atoms with Crippen LogP contribution in [0.25, 0.3) is 22.3 Å². The molecule has 1 fully saturated rings. The summed E-state index contributed by atoms with van der Waals surface area (Å²) in [5.41, 5.74) is 4.44. The molecule has 2 aromatic heterocycles. The number of anilines is 1. The van der Waals surface area contributed by atoms with E-state index in [9.17, 15) is 13.6 Å². The molecule has 0 amide bonds. The second-order valence-electron chi connectivity index (χ2n) is 8.60. The molecular weight excluding hydrogens is 434 g/mol. The Bertz CT molecular complexity index is 1520. The maximum absolute atomic E-state index is 13.5. The molecular formula is C27H20F2N4O. The van der Waals surface area contributed by atoms with Crippen LogP contribution in [0, 0.1) is 0 Å². The number of hydrogen-bond acceptors (Lipinski definition) is 4. The summed E-state index contributed by atoms with van der Waals surface area (Å²) in [5.74, 6) is -2.10. The molecule has 7 heteroatoms. The third kappa shape index (κ3) is 3.50. The van der Waals surface area contributed by atoms with Crippen molar-refractivity contribution in [2.24, 2.45) is 4.99 Å². The van der Waals surface area contributed by atoms with Gasteiger partial charge in [-0.1, -0.05) is 60.7 Å². The van der Waals surface area contributed by atoms with Gasteiger partial charge in [0.05, 0.1) is 30.7 Å². The SMILES string of the molecule is O=c1c2ncc(N3CC(F)(F)C3)cc2ccn1C1=C(c2ccccc2)CC(c2ccccc2)=N1. The molecule has 0 atom stereocenters. The fourth-order valence-electron chi connectivity index (χ4n) is 4.50. The highest BCUT2D eigenvalue weighted by molar-refractivity contribution is 6.14. The molecule has 2 aliphatic heterocycles. The Morgan fingerprint density at radius 2 is 1.56 bits per heavy atom. The molecule has 6 rings (SSSR count). The van der Waals surface area contributed by atoms with Crippen molar-refractivity contribution in [1.82, 2.24) is 9.55 Å². The summed E-state index contributed by atoms with van der Waals surface area (Å²) in [7, 11) is 0. The second kappa shape index (κ2) is 7.73. The van der Waals surface area contributed by atoms with Crippen molar-refractivity contribution < 1.29 is 8.78 Å².